The topological polar surface area (TPSA) is 52.6 Å². The van der Waals surface area contributed by atoms with Crippen molar-refractivity contribution in [1.82, 2.24) is 10.2 Å². The minimum Gasteiger partial charge on any atom is -0.508 e. The van der Waals surface area contributed by atoms with Crippen LogP contribution in [0.15, 0.2) is 18.2 Å². The van der Waals surface area contributed by atoms with E-state index in [4.69, 9.17) is 0 Å². The summed E-state index contributed by atoms with van der Waals surface area (Å²) in [5, 5.41) is 13.8. The summed E-state index contributed by atoms with van der Waals surface area (Å²) in [4.78, 5) is 14.5. The molecule has 126 valence electrons. The van der Waals surface area contributed by atoms with E-state index < -0.39 is 0 Å². The van der Waals surface area contributed by atoms with Gasteiger partial charge in [0.2, 0.25) is 0 Å². The lowest BCUT2D eigenvalue weighted by Gasteiger charge is -2.27. The Balaban J connectivity index is 1.59. The first-order valence-electron chi connectivity index (χ1n) is 8.55. The van der Waals surface area contributed by atoms with Crippen LogP contribution in [0.25, 0.3) is 0 Å². The Morgan fingerprint density at radius 1 is 1.39 bits per heavy atom. The van der Waals surface area contributed by atoms with Crippen molar-refractivity contribution in [2.45, 2.75) is 56.4 Å². The van der Waals surface area contributed by atoms with Crippen molar-refractivity contribution in [3.63, 3.8) is 0 Å². The molecule has 2 aliphatic rings. The SMILES string of the molecule is CCS[C@@H]1CC[C@@H](N(C)C(=O)N[C@@H]2CCc3c(O)cccc32)C1. The predicted molar refractivity (Wildman–Crippen MR) is 95.0 cm³/mol. The van der Waals surface area contributed by atoms with Crippen molar-refractivity contribution in [3.8, 4) is 5.75 Å². The first kappa shape index (κ1) is 16.5. The van der Waals surface area contributed by atoms with Crippen LogP contribution in [0, 0.1) is 0 Å². The average molecular weight is 334 g/mol. The van der Waals surface area contributed by atoms with Crippen molar-refractivity contribution < 1.29 is 9.90 Å². The summed E-state index contributed by atoms with van der Waals surface area (Å²) in [6.45, 7) is 2.20. The second-order valence-electron chi connectivity index (χ2n) is 6.54. The number of nitrogens with one attached hydrogen (secondary N) is 1. The number of aromatic hydroxyl groups is 1. The number of fused-ring (bicyclic) bond motifs is 1. The van der Waals surface area contributed by atoms with Crippen LogP contribution in [-0.2, 0) is 6.42 Å². The molecule has 2 N–H and O–H groups in total. The highest BCUT2D eigenvalue weighted by Gasteiger charge is 2.32. The molecule has 23 heavy (non-hydrogen) atoms. The van der Waals surface area contributed by atoms with Gasteiger partial charge in [0, 0.05) is 18.3 Å². The maximum atomic E-state index is 12.6. The van der Waals surface area contributed by atoms with Gasteiger partial charge < -0.3 is 15.3 Å². The Hall–Kier alpha value is -1.36. The molecule has 0 saturated heterocycles. The van der Waals surface area contributed by atoms with Gasteiger partial charge in [0.1, 0.15) is 5.75 Å². The van der Waals surface area contributed by atoms with E-state index in [9.17, 15) is 9.90 Å². The zero-order chi connectivity index (χ0) is 16.4. The molecular weight excluding hydrogens is 308 g/mol. The van der Waals surface area contributed by atoms with Crippen molar-refractivity contribution in [2.24, 2.45) is 0 Å². The third-order valence-electron chi connectivity index (χ3n) is 5.17. The highest BCUT2D eigenvalue weighted by Crippen LogP contribution is 2.37. The molecular formula is C18H26N2O2S. The minimum absolute atomic E-state index is 0.0124. The third-order valence-corrected chi connectivity index (χ3v) is 6.40. The number of phenolic OH excluding ortho intramolecular Hbond substituents is 1. The van der Waals surface area contributed by atoms with Gasteiger partial charge in [-0.05, 0) is 55.1 Å². The maximum absolute atomic E-state index is 12.6. The lowest BCUT2D eigenvalue weighted by Crippen LogP contribution is -2.43. The van der Waals surface area contributed by atoms with Gasteiger partial charge >= 0.3 is 6.03 Å². The van der Waals surface area contributed by atoms with E-state index in [0.717, 1.165) is 42.6 Å². The van der Waals surface area contributed by atoms with Crippen LogP contribution < -0.4 is 5.32 Å². The molecule has 1 aromatic carbocycles. The second kappa shape index (κ2) is 7.04. The first-order valence-corrected chi connectivity index (χ1v) is 9.60. The van der Waals surface area contributed by atoms with E-state index in [1.54, 1.807) is 6.07 Å². The quantitative estimate of drug-likeness (QED) is 0.883. The Morgan fingerprint density at radius 2 is 2.22 bits per heavy atom. The number of nitrogens with zero attached hydrogens (tertiary/aromatic N) is 1. The zero-order valence-corrected chi connectivity index (χ0v) is 14.7. The van der Waals surface area contributed by atoms with Gasteiger partial charge in [0.05, 0.1) is 6.04 Å². The summed E-state index contributed by atoms with van der Waals surface area (Å²) in [7, 11) is 1.91. The van der Waals surface area contributed by atoms with E-state index in [0.29, 0.717) is 17.0 Å². The number of benzene rings is 1. The summed E-state index contributed by atoms with van der Waals surface area (Å²) in [5.41, 5.74) is 2.05. The zero-order valence-electron chi connectivity index (χ0n) is 13.9. The predicted octanol–water partition coefficient (Wildman–Crippen LogP) is 3.70. The molecule has 1 aromatic rings. The fourth-order valence-electron chi connectivity index (χ4n) is 3.86. The number of carbonyl (C=O) groups excluding carboxylic acids is 1. The molecule has 0 heterocycles. The van der Waals surface area contributed by atoms with Gasteiger partial charge in [0.25, 0.3) is 0 Å². The summed E-state index contributed by atoms with van der Waals surface area (Å²) in [6.07, 6.45) is 5.11. The fraction of sp³-hybridized carbons (Fsp3) is 0.611. The molecule has 0 spiro atoms. The Labute approximate surface area is 142 Å². The molecule has 1 fully saturated rings. The van der Waals surface area contributed by atoms with Gasteiger partial charge in [-0.25, -0.2) is 4.79 Å². The number of amides is 2. The summed E-state index contributed by atoms with van der Waals surface area (Å²) < 4.78 is 0. The molecule has 0 radical (unpaired) electrons. The van der Waals surface area contributed by atoms with Crippen molar-refractivity contribution in [3.05, 3.63) is 29.3 Å². The molecule has 3 rings (SSSR count). The summed E-state index contributed by atoms with van der Waals surface area (Å²) in [6, 6.07) is 5.97. The van der Waals surface area contributed by atoms with Crippen LogP contribution in [0.3, 0.4) is 0 Å². The molecule has 0 aromatic heterocycles. The van der Waals surface area contributed by atoms with Gasteiger partial charge in [-0.3, -0.25) is 0 Å². The van der Waals surface area contributed by atoms with Crippen LogP contribution in [0.5, 0.6) is 5.75 Å². The Kier molecular flexibility index (Phi) is 5.05. The van der Waals surface area contributed by atoms with E-state index in [2.05, 4.69) is 12.2 Å². The van der Waals surface area contributed by atoms with Gasteiger partial charge in [0.15, 0.2) is 0 Å². The summed E-state index contributed by atoms with van der Waals surface area (Å²) >= 11 is 2.01. The van der Waals surface area contributed by atoms with Crippen LogP contribution in [0.4, 0.5) is 4.79 Å². The second-order valence-corrected chi connectivity index (χ2v) is 8.12. The number of rotatable bonds is 4. The highest BCUT2D eigenvalue weighted by atomic mass is 32.2. The van der Waals surface area contributed by atoms with E-state index >= 15 is 0 Å². The number of carbonyl (C=O) groups is 1. The van der Waals surface area contributed by atoms with E-state index in [1.165, 1.54) is 6.42 Å². The largest absolute Gasteiger partial charge is 0.508 e. The summed E-state index contributed by atoms with van der Waals surface area (Å²) in [5.74, 6) is 1.50. The molecule has 0 unspecified atom stereocenters. The average Bonchev–Trinajstić information content (AvgIpc) is 3.15. The molecule has 2 amide bonds. The first-order chi connectivity index (χ1) is 11.1. The molecule has 3 atom stereocenters. The number of phenols is 1. The van der Waals surface area contributed by atoms with Crippen LogP contribution in [0.2, 0.25) is 0 Å². The third kappa shape index (κ3) is 3.44. The molecule has 5 heteroatoms. The molecule has 4 nitrogen and oxygen atoms in total. The number of urea groups is 1. The highest BCUT2D eigenvalue weighted by molar-refractivity contribution is 7.99. The monoisotopic (exact) mass is 334 g/mol. The van der Waals surface area contributed by atoms with Crippen molar-refractivity contribution >= 4 is 17.8 Å². The maximum Gasteiger partial charge on any atom is 0.317 e. The molecule has 0 aliphatic heterocycles. The molecule has 2 aliphatic carbocycles. The number of thioether (sulfide) groups is 1. The van der Waals surface area contributed by atoms with E-state index in [1.807, 2.05) is 35.8 Å². The smallest absolute Gasteiger partial charge is 0.317 e. The van der Waals surface area contributed by atoms with Crippen LogP contribution in [-0.4, -0.2) is 40.1 Å². The lowest BCUT2D eigenvalue weighted by molar-refractivity contribution is 0.187. The standard InChI is InChI=1S/C18H26N2O2S/c1-3-23-13-8-7-12(11-13)20(2)18(22)19-16-10-9-15-14(16)5-4-6-17(15)21/h4-6,12-13,16,21H,3,7-11H2,1-2H3,(H,19,22)/t12-,13-,16-/m1/s1. The van der Waals surface area contributed by atoms with Gasteiger partial charge in [-0.1, -0.05) is 19.1 Å². The minimum atomic E-state index is 0.0124. The van der Waals surface area contributed by atoms with Crippen LogP contribution >= 0.6 is 11.8 Å². The number of hydrogen-bond donors (Lipinski definition) is 2. The number of hydrogen-bond acceptors (Lipinski definition) is 3. The Morgan fingerprint density at radius 3 is 3.00 bits per heavy atom. The lowest BCUT2D eigenvalue weighted by atomic mass is 10.1. The van der Waals surface area contributed by atoms with Crippen molar-refractivity contribution in [1.29, 1.82) is 0 Å². The molecule has 1 saturated carbocycles. The van der Waals surface area contributed by atoms with Crippen molar-refractivity contribution in [2.75, 3.05) is 12.8 Å². The van der Waals surface area contributed by atoms with Crippen LogP contribution in [0.1, 0.15) is 49.8 Å². The Bertz CT molecular complexity index is 578. The molecule has 0 bridgehead atoms. The fourth-order valence-corrected chi connectivity index (χ4v) is 4.99. The van der Waals surface area contributed by atoms with Gasteiger partial charge in [-0.2, -0.15) is 11.8 Å². The normalized spacial score (nSPS) is 26.1. The van der Waals surface area contributed by atoms with Gasteiger partial charge in [-0.15, -0.1) is 0 Å². The van der Waals surface area contributed by atoms with E-state index in [-0.39, 0.29) is 12.1 Å².